The van der Waals surface area contributed by atoms with E-state index in [1.165, 1.54) is 0 Å². The molecule has 0 radical (unpaired) electrons. The van der Waals surface area contributed by atoms with Gasteiger partial charge in [0.25, 0.3) is 5.91 Å². The van der Waals surface area contributed by atoms with E-state index >= 15 is 0 Å². The van der Waals surface area contributed by atoms with E-state index in [0.29, 0.717) is 17.1 Å². The number of rotatable bonds is 4. The molecule has 1 atom stereocenters. The Bertz CT molecular complexity index is 552. The fourth-order valence-electron chi connectivity index (χ4n) is 2.70. The molecule has 0 aromatic heterocycles. The molecule has 0 spiro atoms. The number of nitrogens with one attached hydrogen (secondary N) is 1. The minimum atomic E-state index is -0.402. The van der Waals surface area contributed by atoms with Gasteiger partial charge >= 0.3 is 0 Å². The van der Waals surface area contributed by atoms with Crippen LogP contribution in [0, 0.1) is 0 Å². The molecule has 0 bridgehead atoms. The van der Waals surface area contributed by atoms with E-state index in [0.717, 1.165) is 19.4 Å². The average molecular weight is 324 g/mol. The number of imide groups is 1. The smallest absolute Gasteiger partial charge is 0.257 e. The van der Waals surface area contributed by atoms with Crippen molar-refractivity contribution in [1.29, 1.82) is 0 Å². The van der Waals surface area contributed by atoms with Gasteiger partial charge in [-0.1, -0.05) is 11.6 Å². The minimum absolute atomic E-state index is 0.262. The van der Waals surface area contributed by atoms with Gasteiger partial charge < -0.3 is 5.73 Å². The molecule has 0 aliphatic carbocycles. The largest absolute Gasteiger partial charge is 0.324 e. The van der Waals surface area contributed by atoms with Gasteiger partial charge in [-0.05, 0) is 57.5 Å². The lowest BCUT2D eigenvalue weighted by Crippen LogP contribution is -2.52. The molecule has 22 heavy (non-hydrogen) atoms. The van der Waals surface area contributed by atoms with Crippen molar-refractivity contribution in [3.05, 3.63) is 34.9 Å². The molecule has 1 aliphatic heterocycles. The van der Waals surface area contributed by atoms with Gasteiger partial charge in [-0.15, -0.1) is 0 Å². The first kappa shape index (κ1) is 16.9. The first-order valence-electron chi connectivity index (χ1n) is 7.40. The molecule has 1 saturated heterocycles. The fraction of sp³-hybridized carbons (Fsp3) is 0.500. The Kier molecular flexibility index (Phi) is 5.21. The molecule has 1 unspecified atom stereocenters. The molecule has 2 rings (SSSR count). The number of carbonyl (C=O) groups is 2. The van der Waals surface area contributed by atoms with E-state index in [2.05, 4.69) is 5.32 Å². The predicted molar refractivity (Wildman–Crippen MR) is 86.8 cm³/mol. The quantitative estimate of drug-likeness (QED) is 0.828. The third kappa shape index (κ3) is 4.53. The highest BCUT2D eigenvalue weighted by Gasteiger charge is 2.33. The van der Waals surface area contributed by atoms with Crippen molar-refractivity contribution in [2.45, 2.75) is 38.3 Å². The highest BCUT2D eigenvalue weighted by molar-refractivity contribution is 6.30. The Morgan fingerprint density at radius 1 is 1.36 bits per heavy atom. The van der Waals surface area contributed by atoms with Crippen LogP contribution in [0.2, 0.25) is 5.02 Å². The Labute approximate surface area is 135 Å². The fourth-order valence-corrected chi connectivity index (χ4v) is 2.83. The summed E-state index contributed by atoms with van der Waals surface area (Å²) in [7, 11) is 0. The highest BCUT2D eigenvalue weighted by atomic mass is 35.5. The molecule has 2 amide bonds. The van der Waals surface area contributed by atoms with Crippen LogP contribution in [-0.2, 0) is 4.79 Å². The van der Waals surface area contributed by atoms with Gasteiger partial charge in [-0.3, -0.25) is 19.8 Å². The van der Waals surface area contributed by atoms with Gasteiger partial charge in [-0.2, -0.15) is 0 Å². The molecule has 1 aromatic carbocycles. The molecule has 0 saturated carbocycles. The summed E-state index contributed by atoms with van der Waals surface area (Å²) >= 11 is 5.79. The SMILES string of the molecule is CC(C)(N)CN1CCCC1C(=O)NC(=O)c1ccc(Cl)cc1. The standard InChI is InChI=1S/C16H22ClN3O2/c1-16(2,18)10-20-9-3-4-13(20)15(22)19-14(21)11-5-7-12(17)8-6-11/h5-8,13H,3-4,9-10,18H2,1-2H3,(H,19,21,22). The summed E-state index contributed by atoms with van der Waals surface area (Å²) in [6.45, 7) is 5.31. The molecule has 5 nitrogen and oxygen atoms in total. The van der Waals surface area contributed by atoms with E-state index < -0.39 is 5.91 Å². The van der Waals surface area contributed by atoms with Crippen LogP contribution in [0.5, 0.6) is 0 Å². The van der Waals surface area contributed by atoms with Crippen molar-refractivity contribution >= 4 is 23.4 Å². The summed E-state index contributed by atoms with van der Waals surface area (Å²) in [6, 6.07) is 6.15. The molecule has 1 aromatic rings. The van der Waals surface area contributed by atoms with Gasteiger partial charge in [0.15, 0.2) is 0 Å². The summed E-state index contributed by atoms with van der Waals surface area (Å²) in [6.07, 6.45) is 1.68. The zero-order chi connectivity index (χ0) is 16.3. The summed E-state index contributed by atoms with van der Waals surface area (Å²) in [5.41, 5.74) is 6.08. The monoisotopic (exact) mass is 323 g/mol. The molecular weight excluding hydrogens is 302 g/mol. The van der Waals surface area contributed by atoms with Crippen LogP contribution in [-0.4, -0.2) is 41.4 Å². The van der Waals surface area contributed by atoms with E-state index in [1.54, 1.807) is 24.3 Å². The van der Waals surface area contributed by atoms with Gasteiger partial charge in [0.05, 0.1) is 6.04 Å². The lowest BCUT2D eigenvalue weighted by Gasteiger charge is -2.30. The van der Waals surface area contributed by atoms with Gasteiger partial charge in [0, 0.05) is 22.7 Å². The van der Waals surface area contributed by atoms with Crippen molar-refractivity contribution in [1.82, 2.24) is 10.2 Å². The molecule has 1 aliphatic rings. The maximum atomic E-state index is 12.4. The lowest BCUT2D eigenvalue weighted by molar-refractivity contribution is -0.124. The van der Waals surface area contributed by atoms with Crippen LogP contribution < -0.4 is 11.1 Å². The number of halogens is 1. The second kappa shape index (κ2) is 6.77. The molecule has 1 heterocycles. The molecular formula is C16H22ClN3O2. The van der Waals surface area contributed by atoms with Crippen LogP contribution in [0.3, 0.4) is 0 Å². The zero-order valence-corrected chi connectivity index (χ0v) is 13.7. The normalized spacial score (nSPS) is 19.2. The Hall–Kier alpha value is -1.43. The lowest BCUT2D eigenvalue weighted by atomic mass is 10.1. The number of nitrogens with zero attached hydrogens (tertiary/aromatic N) is 1. The van der Waals surface area contributed by atoms with Gasteiger partial charge in [0.2, 0.25) is 5.91 Å². The van der Waals surface area contributed by atoms with Crippen LogP contribution >= 0.6 is 11.6 Å². The minimum Gasteiger partial charge on any atom is -0.324 e. The zero-order valence-electron chi connectivity index (χ0n) is 12.9. The Morgan fingerprint density at radius 2 is 2.00 bits per heavy atom. The third-order valence-electron chi connectivity index (χ3n) is 3.62. The maximum absolute atomic E-state index is 12.4. The van der Waals surface area contributed by atoms with Gasteiger partial charge in [-0.25, -0.2) is 0 Å². The maximum Gasteiger partial charge on any atom is 0.257 e. The van der Waals surface area contributed by atoms with Crippen molar-refractivity contribution < 1.29 is 9.59 Å². The second-order valence-corrected chi connectivity index (χ2v) is 6.88. The number of amides is 2. The Balaban J connectivity index is 1.99. The molecule has 3 N–H and O–H groups in total. The third-order valence-corrected chi connectivity index (χ3v) is 3.87. The van der Waals surface area contributed by atoms with Crippen molar-refractivity contribution in [3.63, 3.8) is 0 Å². The Morgan fingerprint density at radius 3 is 2.59 bits per heavy atom. The second-order valence-electron chi connectivity index (χ2n) is 6.44. The number of hydrogen-bond donors (Lipinski definition) is 2. The van der Waals surface area contributed by atoms with Crippen LogP contribution in [0.15, 0.2) is 24.3 Å². The van der Waals surface area contributed by atoms with Gasteiger partial charge in [0.1, 0.15) is 0 Å². The van der Waals surface area contributed by atoms with Crippen molar-refractivity contribution in [2.24, 2.45) is 5.73 Å². The molecule has 1 fully saturated rings. The van der Waals surface area contributed by atoms with E-state index in [9.17, 15) is 9.59 Å². The first-order valence-corrected chi connectivity index (χ1v) is 7.78. The van der Waals surface area contributed by atoms with Crippen molar-refractivity contribution in [2.75, 3.05) is 13.1 Å². The topological polar surface area (TPSA) is 75.4 Å². The summed E-state index contributed by atoms with van der Waals surface area (Å²) < 4.78 is 0. The summed E-state index contributed by atoms with van der Waals surface area (Å²) in [5.74, 6) is -0.665. The summed E-state index contributed by atoms with van der Waals surface area (Å²) in [5, 5.41) is 3.02. The first-order chi connectivity index (χ1) is 10.3. The van der Waals surface area contributed by atoms with E-state index in [1.807, 2.05) is 18.7 Å². The molecule has 120 valence electrons. The highest BCUT2D eigenvalue weighted by Crippen LogP contribution is 2.19. The number of nitrogens with two attached hydrogens (primary N) is 1. The van der Waals surface area contributed by atoms with Crippen LogP contribution in [0.25, 0.3) is 0 Å². The number of hydrogen-bond acceptors (Lipinski definition) is 4. The summed E-state index contributed by atoms with van der Waals surface area (Å²) in [4.78, 5) is 26.5. The van der Waals surface area contributed by atoms with E-state index in [4.69, 9.17) is 17.3 Å². The number of benzene rings is 1. The van der Waals surface area contributed by atoms with Crippen LogP contribution in [0.1, 0.15) is 37.0 Å². The number of likely N-dealkylation sites (tertiary alicyclic amines) is 1. The predicted octanol–water partition coefficient (Wildman–Crippen LogP) is 1.80. The average Bonchev–Trinajstić information content (AvgIpc) is 2.85. The number of carbonyl (C=O) groups excluding carboxylic acids is 2. The van der Waals surface area contributed by atoms with Crippen molar-refractivity contribution in [3.8, 4) is 0 Å². The van der Waals surface area contributed by atoms with Crippen LogP contribution in [0.4, 0.5) is 0 Å². The van der Waals surface area contributed by atoms with E-state index in [-0.39, 0.29) is 17.5 Å². The molecule has 6 heteroatoms.